The molecule has 0 radical (unpaired) electrons. The first kappa shape index (κ1) is 21.2. The third-order valence-electron chi connectivity index (χ3n) is 7.90. The number of aromatic nitrogens is 2. The summed E-state index contributed by atoms with van der Waals surface area (Å²) < 4.78 is 1.92. The summed E-state index contributed by atoms with van der Waals surface area (Å²) in [6.45, 7) is 4.45. The van der Waals surface area contributed by atoms with Crippen molar-refractivity contribution < 1.29 is 0 Å². The van der Waals surface area contributed by atoms with Gasteiger partial charge in [-0.1, -0.05) is 18.2 Å². The minimum atomic E-state index is 0.0898. The molecule has 7 heteroatoms. The molecule has 176 valence electrons. The van der Waals surface area contributed by atoms with Crippen molar-refractivity contribution in [2.45, 2.75) is 12.5 Å². The van der Waals surface area contributed by atoms with E-state index < -0.39 is 0 Å². The molecular formula is C27H33N7. The monoisotopic (exact) mass is 455 g/mol. The average Bonchev–Trinajstić information content (AvgIpc) is 3.49. The van der Waals surface area contributed by atoms with E-state index in [1.165, 1.54) is 29.7 Å². The third-order valence-corrected chi connectivity index (χ3v) is 7.90. The minimum absolute atomic E-state index is 0.0898. The highest BCUT2D eigenvalue weighted by molar-refractivity contribution is 5.90. The molecule has 3 aliphatic heterocycles. The van der Waals surface area contributed by atoms with Gasteiger partial charge in [0.25, 0.3) is 0 Å². The van der Waals surface area contributed by atoms with Crippen molar-refractivity contribution in [3.05, 3.63) is 66.0 Å². The molecule has 7 nitrogen and oxygen atoms in total. The zero-order valence-corrected chi connectivity index (χ0v) is 20.2. The van der Waals surface area contributed by atoms with Gasteiger partial charge in [0.15, 0.2) is 0 Å². The Morgan fingerprint density at radius 2 is 1.85 bits per heavy atom. The lowest BCUT2D eigenvalue weighted by Gasteiger charge is -2.43. The number of piperidine rings is 1. The number of fused-ring (bicyclic) bond motifs is 2. The van der Waals surface area contributed by atoms with Crippen molar-refractivity contribution in [1.29, 1.82) is 0 Å². The van der Waals surface area contributed by atoms with Crippen LogP contribution >= 0.6 is 0 Å². The summed E-state index contributed by atoms with van der Waals surface area (Å²) in [5.74, 6) is 2.61. The topological polar surface area (TPSA) is 60.7 Å². The first-order valence-corrected chi connectivity index (χ1v) is 12.3. The van der Waals surface area contributed by atoms with Crippen LogP contribution < -0.4 is 10.6 Å². The first-order chi connectivity index (χ1) is 16.6. The second kappa shape index (κ2) is 8.47. The maximum atomic E-state index is 5.05. The van der Waals surface area contributed by atoms with Gasteiger partial charge in [-0.2, -0.15) is 5.10 Å². The van der Waals surface area contributed by atoms with Crippen molar-refractivity contribution >= 4 is 28.1 Å². The van der Waals surface area contributed by atoms with Crippen LogP contribution in [0.15, 0.2) is 59.9 Å². The number of hydrogen-bond donors (Lipinski definition) is 2. The normalized spacial score (nSPS) is 24.7. The Balaban J connectivity index is 1.40. The Hall–Kier alpha value is -3.32. The van der Waals surface area contributed by atoms with E-state index in [0.717, 1.165) is 54.0 Å². The van der Waals surface area contributed by atoms with Gasteiger partial charge in [-0.25, -0.2) is 4.99 Å². The number of aliphatic imine (C=N–C) groups is 1. The summed E-state index contributed by atoms with van der Waals surface area (Å²) in [5.41, 5.74) is 5.93. The summed E-state index contributed by atoms with van der Waals surface area (Å²) in [5, 5.41) is 12.4. The molecule has 3 unspecified atom stereocenters. The molecule has 0 bridgehead atoms. The molecular weight excluding hydrogens is 422 g/mol. The van der Waals surface area contributed by atoms with Crippen molar-refractivity contribution in [3.63, 3.8) is 0 Å². The summed E-state index contributed by atoms with van der Waals surface area (Å²) in [7, 11) is 6.15. The van der Waals surface area contributed by atoms with Gasteiger partial charge in [-0.15, -0.1) is 0 Å². The number of likely N-dealkylation sites (N-methyl/N-ethyl adjacent to an activating group) is 1. The van der Waals surface area contributed by atoms with Gasteiger partial charge < -0.3 is 20.4 Å². The van der Waals surface area contributed by atoms with Crippen LogP contribution in [-0.4, -0.2) is 65.8 Å². The summed E-state index contributed by atoms with van der Waals surface area (Å²) >= 11 is 0. The summed E-state index contributed by atoms with van der Waals surface area (Å²) in [6, 6.07) is 15.5. The zero-order chi connectivity index (χ0) is 23.2. The van der Waals surface area contributed by atoms with Crippen LogP contribution in [-0.2, 0) is 7.05 Å². The molecule has 3 atom stereocenters. The summed E-state index contributed by atoms with van der Waals surface area (Å²) in [4.78, 5) is 9.93. The van der Waals surface area contributed by atoms with Crippen LogP contribution in [0, 0.1) is 11.8 Å². The number of nitrogens with one attached hydrogen (secondary N) is 2. The second-order valence-electron chi connectivity index (χ2n) is 9.85. The maximum Gasteiger partial charge on any atom is 0.201 e. The van der Waals surface area contributed by atoms with Gasteiger partial charge in [0, 0.05) is 57.1 Å². The molecule has 0 amide bonds. The predicted molar refractivity (Wildman–Crippen MR) is 139 cm³/mol. The minimum Gasteiger partial charge on any atom is -0.388 e. The molecule has 3 aromatic rings. The lowest BCUT2D eigenvalue weighted by Crippen LogP contribution is -2.51. The first-order valence-electron chi connectivity index (χ1n) is 12.3. The van der Waals surface area contributed by atoms with E-state index in [1.54, 1.807) is 0 Å². The Morgan fingerprint density at radius 3 is 2.68 bits per heavy atom. The van der Waals surface area contributed by atoms with E-state index in [-0.39, 0.29) is 6.04 Å². The standard InChI is InChI=1S/C27H33N7/c1-28-23-7-4-18(5-8-23)26-24(19-6-9-25-21(12-19)15-31-33(25)3)16-30-27(32(26)2)34-11-10-20-13-29-14-22(20)17-34/h4-9,12,15-16,20,22,26,28-29H,10-11,13-14,17H2,1-3H3. The SMILES string of the molecule is CNc1ccc(C2C(c3ccc4c(cnn4C)c3)=CN=C(N3CCC4CNCC4C3)N2C)cc1. The molecule has 1 aromatic heterocycles. The molecule has 0 spiro atoms. The highest BCUT2D eigenvalue weighted by atomic mass is 15.4. The van der Waals surface area contributed by atoms with Crippen molar-refractivity contribution in [2.24, 2.45) is 23.9 Å². The zero-order valence-electron chi connectivity index (χ0n) is 20.2. The third kappa shape index (κ3) is 3.55. The highest BCUT2D eigenvalue weighted by Gasteiger charge is 2.37. The maximum absolute atomic E-state index is 5.05. The molecule has 0 aliphatic carbocycles. The largest absolute Gasteiger partial charge is 0.388 e. The Morgan fingerprint density at radius 1 is 1.03 bits per heavy atom. The van der Waals surface area contributed by atoms with Crippen LogP contribution in [0.3, 0.4) is 0 Å². The van der Waals surface area contributed by atoms with E-state index in [0.29, 0.717) is 0 Å². The molecule has 34 heavy (non-hydrogen) atoms. The van der Waals surface area contributed by atoms with Crippen molar-refractivity contribution in [2.75, 3.05) is 45.6 Å². The molecule has 4 heterocycles. The van der Waals surface area contributed by atoms with E-state index in [4.69, 9.17) is 4.99 Å². The number of benzene rings is 2. The smallest absolute Gasteiger partial charge is 0.201 e. The molecule has 2 N–H and O–H groups in total. The number of nitrogens with zero attached hydrogens (tertiary/aromatic N) is 5. The fraction of sp³-hybridized carbons (Fsp3) is 0.407. The van der Waals surface area contributed by atoms with Gasteiger partial charge in [-0.3, -0.25) is 4.68 Å². The molecule has 3 aliphatic rings. The van der Waals surface area contributed by atoms with Crippen LogP contribution in [0.1, 0.15) is 23.6 Å². The van der Waals surface area contributed by atoms with Gasteiger partial charge in [0.1, 0.15) is 0 Å². The van der Waals surface area contributed by atoms with E-state index >= 15 is 0 Å². The quantitative estimate of drug-likeness (QED) is 0.633. The van der Waals surface area contributed by atoms with Gasteiger partial charge in [-0.05, 0) is 66.7 Å². The molecule has 2 fully saturated rings. The number of aryl methyl sites for hydroxylation is 1. The van der Waals surface area contributed by atoms with Crippen LogP contribution in [0.25, 0.3) is 16.5 Å². The molecule has 2 saturated heterocycles. The van der Waals surface area contributed by atoms with Gasteiger partial charge in [0.05, 0.1) is 17.8 Å². The lowest BCUT2D eigenvalue weighted by atomic mass is 9.88. The number of likely N-dealkylation sites (tertiary alicyclic amines) is 1. The molecule has 0 saturated carbocycles. The van der Waals surface area contributed by atoms with E-state index in [2.05, 4.69) is 81.2 Å². The second-order valence-corrected chi connectivity index (χ2v) is 9.85. The van der Waals surface area contributed by atoms with E-state index in [9.17, 15) is 0 Å². The van der Waals surface area contributed by atoms with Gasteiger partial charge in [0.2, 0.25) is 5.96 Å². The van der Waals surface area contributed by atoms with Gasteiger partial charge >= 0.3 is 0 Å². The Kier molecular flexibility index (Phi) is 5.29. The average molecular weight is 456 g/mol. The fourth-order valence-corrected chi connectivity index (χ4v) is 5.95. The van der Waals surface area contributed by atoms with Crippen molar-refractivity contribution in [1.82, 2.24) is 24.9 Å². The van der Waals surface area contributed by atoms with Crippen LogP contribution in [0.4, 0.5) is 5.69 Å². The summed E-state index contributed by atoms with van der Waals surface area (Å²) in [6.07, 6.45) is 5.28. The highest BCUT2D eigenvalue weighted by Crippen LogP contribution is 2.39. The lowest BCUT2D eigenvalue weighted by molar-refractivity contribution is 0.196. The number of hydrogen-bond acceptors (Lipinski definition) is 6. The Bertz CT molecular complexity index is 1260. The fourth-order valence-electron chi connectivity index (χ4n) is 5.95. The predicted octanol–water partition coefficient (Wildman–Crippen LogP) is 3.54. The Labute approximate surface area is 201 Å². The van der Waals surface area contributed by atoms with E-state index in [1.807, 2.05) is 25.0 Å². The van der Waals surface area contributed by atoms with Crippen molar-refractivity contribution in [3.8, 4) is 0 Å². The number of rotatable bonds is 3. The number of guanidine groups is 1. The molecule has 6 rings (SSSR count). The number of anilines is 1. The van der Waals surface area contributed by atoms with Crippen LogP contribution in [0.2, 0.25) is 0 Å². The molecule has 2 aromatic carbocycles. The van der Waals surface area contributed by atoms with Crippen LogP contribution in [0.5, 0.6) is 0 Å².